The van der Waals surface area contributed by atoms with E-state index in [-0.39, 0.29) is 0 Å². The molecule has 0 fully saturated rings. The standard InChI is InChI=1S/C10H14ClN3O/c1-7(2)5-12-9-4-8(11)13-10(14-9)6-15-3/h4H,1,5-6H2,2-3H3,(H,12,13,14). The van der Waals surface area contributed by atoms with Crippen molar-refractivity contribution in [3.05, 3.63) is 29.2 Å². The molecular formula is C10H14ClN3O. The van der Waals surface area contributed by atoms with E-state index >= 15 is 0 Å². The van der Waals surface area contributed by atoms with Gasteiger partial charge >= 0.3 is 0 Å². The number of ether oxygens (including phenoxy) is 1. The molecule has 0 amide bonds. The van der Waals surface area contributed by atoms with Gasteiger partial charge in [0.25, 0.3) is 0 Å². The summed E-state index contributed by atoms with van der Waals surface area (Å²) in [4.78, 5) is 8.24. The maximum Gasteiger partial charge on any atom is 0.158 e. The monoisotopic (exact) mass is 227 g/mol. The van der Waals surface area contributed by atoms with Crippen molar-refractivity contribution in [2.24, 2.45) is 0 Å². The van der Waals surface area contributed by atoms with Crippen molar-refractivity contribution in [2.45, 2.75) is 13.5 Å². The van der Waals surface area contributed by atoms with Crippen LogP contribution in [-0.2, 0) is 11.3 Å². The average Bonchev–Trinajstić information content (AvgIpc) is 2.14. The molecule has 0 radical (unpaired) electrons. The summed E-state index contributed by atoms with van der Waals surface area (Å²) in [7, 11) is 1.59. The lowest BCUT2D eigenvalue weighted by Crippen LogP contribution is -2.06. The quantitative estimate of drug-likeness (QED) is 0.619. The summed E-state index contributed by atoms with van der Waals surface area (Å²) in [5.74, 6) is 1.25. The summed E-state index contributed by atoms with van der Waals surface area (Å²) < 4.78 is 4.93. The molecule has 0 spiro atoms. The predicted octanol–water partition coefficient (Wildman–Crippen LogP) is 2.26. The minimum Gasteiger partial charge on any atom is -0.377 e. The van der Waals surface area contributed by atoms with Crippen LogP contribution in [0.2, 0.25) is 5.15 Å². The molecule has 0 aliphatic carbocycles. The Morgan fingerprint density at radius 3 is 2.93 bits per heavy atom. The van der Waals surface area contributed by atoms with Crippen molar-refractivity contribution in [1.82, 2.24) is 9.97 Å². The van der Waals surface area contributed by atoms with Gasteiger partial charge in [-0.2, -0.15) is 0 Å². The van der Waals surface area contributed by atoms with Gasteiger partial charge in [0.15, 0.2) is 5.82 Å². The maximum absolute atomic E-state index is 5.83. The average molecular weight is 228 g/mol. The molecule has 0 aromatic carbocycles. The van der Waals surface area contributed by atoms with Crippen LogP contribution >= 0.6 is 11.6 Å². The second kappa shape index (κ2) is 5.68. The first kappa shape index (κ1) is 11.9. The molecule has 1 aromatic rings. The van der Waals surface area contributed by atoms with Gasteiger partial charge in [-0.1, -0.05) is 23.8 Å². The van der Waals surface area contributed by atoms with Crippen LogP contribution in [0.15, 0.2) is 18.2 Å². The van der Waals surface area contributed by atoms with Crippen molar-refractivity contribution < 1.29 is 4.74 Å². The zero-order chi connectivity index (χ0) is 11.3. The number of nitrogens with one attached hydrogen (secondary N) is 1. The first-order valence-corrected chi connectivity index (χ1v) is 4.90. The zero-order valence-electron chi connectivity index (χ0n) is 8.88. The normalized spacial score (nSPS) is 10.1. The van der Waals surface area contributed by atoms with Crippen LogP contribution in [0.4, 0.5) is 5.82 Å². The highest BCUT2D eigenvalue weighted by Gasteiger charge is 2.02. The number of aromatic nitrogens is 2. The van der Waals surface area contributed by atoms with E-state index in [1.54, 1.807) is 13.2 Å². The summed E-state index contributed by atoms with van der Waals surface area (Å²) in [5.41, 5.74) is 1.03. The molecule has 0 saturated heterocycles. The van der Waals surface area contributed by atoms with Gasteiger partial charge in [-0.15, -0.1) is 0 Å². The van der Waals surface area contributed by atoms with Gasteiger partial charge in [0.2, 0.25) is 0 Å². The number of methoxy groups -OCH3 is 1. The molecule has 0 saturated carbocycles. The molecule has 4 nitrogen and oxygen atoms in total. The Bertz CT molecular complexity index is 355. The molecular weight excluding hydrogens is 214 g/mol. The maximum atomic E-state index is 5.83. The Labute approximate surface area is 94.3 Å². The van der Waals surface area contributed by atoms with E-state index in [0.717, 1.165) is 5.57 Å². The van der Waals surface area contributed by atoms with Crippen molar-refractivity contribution >= 4 is 17.4 Å². The highest BCUT2D eigenvalue weighted by molar-refractivity contribution is 6.29. The van der Waals surface area contributed by atoms with Crippen LogP contribution in [0.25, 0.3) is 0 Å². The van der Waals surface area contributed by atoms with E-state index in [9.17, 15) is 0 Å². The lowest BCUT2D eigenvalue weighted by molar-refractivity contribution is 0.178. The third-order valence-corrected chi connectivity index (χ3v) is 1.78. The van der Waals surface area contributed by atoms with Gasteiger partial charge in [-0.25, -0.2) is 9.97 Å². The summed E-state index contributed by atoms with van der Waals surface area (Å²) >= 11 is 5.83. The van der Waals surface area contributed by atoms with E-state index in [0.29, 0.717) is 29.9 Å². The lowest BCUT2D eigenvalue weighted by atomic mass is 10.3. The Hall–Kier alpha value is -1.13. The van der Waals surface area contributed by atoms with Crippen LogP contribution in [-0.4, -0.2) is 23.6 Å². The van der Waals surface area contributed by atoms with Gasteiger partial charge in [-0.3, -0.25) is 0 Å². The Kier molecular flexibility index (Phi) is 4.52. The van der Waals surface area contributed by atoms with Gasteiger partial charge < -0.3 is 10.1 Å². The Morgan fingerprint density at radius 1 is 1.60 bits per heavy atom. The highest BCUT2D eigenvalue weighted by atomic mass is 35.5. The SMILES string of the molecule is C=C(C)CNc1cc(Cl)nc(COC)n1. The number of halogens is 1. The van der Waals surface area contributed by atoms with E-state index < -0.39 is 0 Å². The second-order valence-electron chi connectivity index (χ2n) is 3.24. The number of rotatable bonds is 5. The van der Waals surface area contributed by atoms with E-state index in [4.69, 9.17) is 16.3 Å². The molecule has 5 heteroatoms. The molecule has 1 aromatic heterocycles. The largest absolute Gasteiger partial charge is 0.377 e. The second-order valence-corrected chi connectivity index (χ2v) is 3.62. The van der Waals surface area contributed by atoms with Crippen molar-refractivity contribution in [1.29, 1.82) is 0 Å². The molecule has 0 aliphatic rings. The van der Waals surface area contributed by atoms with Crippen LogP contribution in [0.1, 0.15) is 12.7 Å². The smallest absolute Gasteiger partial charge is 0.158 e. The van der Waals surface area contributed by atoms with Crippen molar-refractivity contribution in [3.63, 3.8) is 0 Å². The molecule has 82 valence electrons. The zero-order valence-corrected chi connectivity index (χ0v) is 9.64. The minimum atomic E-state index is 0.350. The Balaban J connectivity index is 2.74. The topological polar surface area (TPSA) is 47.0 Å². The number of anilines is 1. The molecule has 1 N–H and O–H groups in total. The molecule has 0 atom stereocenters. The van der Waals surface area contributed by atoms with E-state index in [1.807, 2.05) is 6.92 Å². The van der Waals surface area contributed by atoms with Gasteiger partial charge in [0, 0.05) is 19.7 Å². The molecule has 0 unspecified atom stereocenters. The summed E-state index contributed by atoms with van der Waals surface area (Å²) in [5, 5.41) is 3.50. The third kappa shape index (κ3) is 4.27. The molecule has 0 bridgehead atoms. The molecule has 1 heterocycles. The number of nitrogens with zero attached hydrogens (tertiary/aromatic N) is 2. The third-order valence-electron chi connectivity index (χ3n) is 1.59. The Morgan fingerprint density at radius 2 is 2.33 bits per heavy atom. The molecule has 1 rings (SSSR count). The van der Waals surface area contributed by atoms with Gasteiger partial charge in [0.1, 0.15) is 17.6 Å². The fraction of sp³-hybridized carbons (Fsp3) is 0.400. The molecule has 0 aliphatic heterocycles. The van der Waals surface area contributed by atoms with Crippen LogP contribution in [0.3, 0.4) is 0 Å². The minimum absolute atomic E-state index is 0.350. The first-order valence-electron chi connectivity index (χ1n) is 4.52. The summed E-state index contributed by atoms with van der Waals surface area (Å²) in [6.07, 6.45) is 0. The van der Waals surface area contributed by atoms with Gasteiger partial charge in [-0.05, 0) is 6.92 Å². The first-order chi connectivity index (χ1) is 7.11. The van der Waals surface area contributed by atoms with Crippen LogP contribution < -0.4 is 5.32 Å². The van der Waals surface area contributed by atoms with Crippen LogP contribution in [0, 0.1) is 0 Å². The van der Waals surface area contributed by atoms with Crippen molar-refractivity contribution in [2.75, 3.05) is 19.0 Å². The summed E-state index contributed by atoms with van der Waals surface area (Å²) in [6.45, 7) is 6.74. The highest BCUT2D eigenvalue weighted by Crippen LogP contribution is 2.12. The number of hydrogen-bond acceptors (Lipinski definition) is 4. The van der Waals surface area contributed by atoms with Crippen LogP contribution in [0.5, 0.6) is 0 Å². The van der Waals surface area contributed by atoms with Crippen molar-refractivity contribution in [3.8, 4) is 0 Å². The van der Waals surface area contributed by atoms with E-state index in [1.165, 1.54) is 0 Å². The van der Waals surface area contributed by atoms with E-state index in [2.05, 4.69) is 21.9 Å². The lowest BCUT2D eigenvalue weighted by Gasteiger charge is -2.07. The number of hydrogen-bond donors (Lipinski definition) is 1. The fourth-order valence-corrected chi connectivity index (χ4v) is 1.19. The summed E-state index contributed by atoms with van der Waals surface area (Å²) in [6, 6.07) is 1.67. The fourth-order valence-electron chi connectivity index (χ4n) is 0.990. The van der Waals surface area contributed by atoms with Gasteiger partial charge in [0.05, 0.1) is 0 Å². The predicted molar refractivity (Wildman–Crippen MR) is 61.1 cm³/mol. The molecule has 15 heavy (non-hydrogen) atoms.